The summed E-state index contributed by atoms with van der Waals surface area (Å²) in [7, 11) is 0. The number of benzene rings is 2. The normalized spacial score (nSPS) is 11.1. The molecule has 1 amide bonds. The summed E-state index contributed by atoms with van der Waals surface area (Å²) < 4.78 is 0.925. The molecule has 104 valence electrons. The summed E-state index contributed by atoms with van der Waals surface area (Å²) in [5.74, 6) is -0.244. The number of nitrogens with zero attached hydrogens (tertiary/aromatic N) is 1. The molecule has 0 bridgehead atoms. The van der Waals surface area contributed by atoms with Gasteiger partial charge in [0.15, 0.2) is 0 Å². The van der Waals surface area contributed by atoms with Gasteiger partial charge in [-0.1, -0.05) is 46.3 Å². The zero-order valence-electron chi connectivity index (χ0n) is 11.0. The number of aromatic nitrogens is 1. The topological polar surface area (TPSA) is 57.2 Å². The molecule has 0 saturated heterocycles. The molecule has 1 heterocycles. The molecule has 3 rings (SSSR count). The quantitative estimate of drug-likeness (QED) is 0.553. The van der Waals surface area contributed by atoms with Crippen LogP contribution >= 0.6 is 15.9 Å². The second kappa shape index (κ2) is 5.93. The zero-order valence-corrected chi connectivity index (χ0v) is 12.6. The van der Waals surface area contributed by atoms with Crippen molar-refractivity contribution in [2.45, 2.75) is 0 Å². The van der Waals surface area contributed by atoms with Crippen LogP contribution < -0.4 is 5.43 Å². The Hall–Kier alpha value is -2.40. The summed E-state index contributed by atoms with van der Waals surface area (Å²) in [6, 6.07) is 15.2. The van der Waals surface area contributed by atoms with Crippen molar-refractivity contribution in [1.82, 2.24) is 10.4 Å². The number of para-hydroxylation sites is 1. The Kier molecular flexibility index (Phi) is 3.83. The molecule has 2 N–H and O–H groups in total. The Balaban J connectivity index is 1.78. The van der Waals surface area contributed by atoms with Crippen molar-refractivity contribution in [2.24, 2.45) is 5.10 Å². The molecule has 0 saturated carbocycles. The van der Waals surface area contributed by atoms with Crippen molar-refractivity contribution in [3.8, 4) is 0 Å². The minimum absolute atomic E-state index is 0.244. The lowest BCUT2D eigenvalue weighted by molar-refractivity contribution is 0.0956. The zero-order chi connectivity index (χ0) is 14.7. The van der Waals surface area contributed by atoms with E-state index in [2.05, 4.69) is 31.4 Å². The third kappa shape index (κ3) is 2.87. The number of carbonyl (C=O) groups is 1. The molecule has 0 aliphatic rings. The van der Waals surface area contributed by atoms with Crippen LogP contribution in [0.15, 0.2) is 64.3 Å². The largest absolute Gasteiger partial charge is 0.361 e. The first-order chi connectivity index (χ1) is 10.3. The van der Waals surface area contributed by atoms with Gasteiger partial charge in [-0.15, -0.1) is 0 Å². The first-order valence-electron chi connectivity index (χ1n) is 6.40. The summed E-state index contributed by atoms with van der Waals surface area (Å²) >= 11 is 3.43. The van der Waals surface area contributed by atoms with Crippen LogP contribution in [0, 0.1) is 0 Å². The summed E-state index contributed by atoms with van der Waals surface area (Å²) in [4.78, 5) is 15.2. The van der Waals surface area contributed by atoms with Gasteiger partial charge >= 0.3 is 0 Å². The van der Waals surface area contributed by atoms with E-state index in [0.717, 1.165) is 20.9 Å². The molecule has 0 aliphatic heterocycles. The monoisotopic (exact) mass is 341 g/mol. The molecule has 4 nitrogen and oxygen atoms in total. The van der Waals surface area contributed by atoms with Crippen LogP contribution in [0.4, 0.5) is 0 Å². The van der Waals surface area contributed by atoms with Gasteiger partial charge in [0.1, 0.15) is 0 Å². The molecule has 3 aromatic rings. The van der Waals surface area contributed by atoms with Gasteiger partial charge in [-0.05, 0) is 18.2 Å². The maximum absolute atomic E-state index is 12.2. The maximum atomic E-state index is 12.2. The van der Waals surface area contributed by atoms with Crippen molar-refractivity contribution in [2.75, 3.05) is 0 Å². The number of H-pyrrole nitrogens is 1. The number of hydrogen-bond acceptors (Lipinski definition) is 2. The van der Waals surface area contributed by atoms with E-state index in [1.807, 2.05) is 48.7 Å². The Morgan fingerprint density at radius 1 is 1.14 bits per heavy atom. The first kappa shape index (κ1) is 13.6. The van der Waals surface area contributed by atoms with E-state index in [1.165, 1.54) is 0 Å². The fourth-order valence-electron chi connectivity index (χ4n) is 2.07. The van der Waals surface area contributed by atoms with Gasteiger partial charge in [-0.3, -0.25) is 4.79 Å². The molecular weight excluding hydrogens is 330 g/mol. The van der Waals surface area contributed by atoms with E-state index in [4.69, 9.17) is 0 Å². The highest BCUT2D eigenvalue weighted by Crippen LogP contribution is 2.17. The fourth-order valence-corrected chi connectivity index (χ4v) is 2.46. The van der Waals surface area contributed by atoms with Crippen molar-refractivity contribution < 1.29 is 4.79 Å². The number of hydrogen-bond donors (Lipinski definition) is 2. The molecule has 0 fully saturated rings. The summed E-state index contributed by atoms with van der Waals surface area (Å²) in [5.41, 5.74) is 4.83. The van der Waals surface area contributed by atoms with Crippen LogP contribution in [0.3, 0.4) is 0 Å². The summed E-state index contributed by atoms with van der Waals surface area (Å²) in [6.07, 6.45) is 3.42. The van der Waals surface area contributed by atoms with E-state index >= 15 is 0 Å². The van der Waals surface area contributed by atoms with Gasteiger partial charge < -0.3 is 4.98 Å². The standard InChI is InChI=1S/C16H12BrN3O/c17-14-7-2-1-4-12(14)10-19-20-16(21)13-6-3-5-11-8-9-18-15(11)13/h1-10,18H,(H,20,21). The summed E-state index contributed by atoms with van der Waals surface area (Å²) in [6.45, 7) is 0. The maximum Gasteiger partial charge on any atom is 0.273 e. The van der Waals surface area contributed by atoms with Crippen molar-refractivity contribution in [3.05, 3.63) is 70.3 Å². The van der Waals surface area contributed by atoms with Gasteiger partial charge in [0.05, 0.1) is 17.3 Å². The van der Waals surface area contributed by atoms with Crippen LogP contribution in [-0.2, 0) is 0 Å². The lowest BCUT2D eigenvalue weighted by Crippen LogP contribution is -2.18. The molecule has 1 aromatic heterocycles. The Labute approximate surface area is 130 Å². The van der Waals surface area contributed by atoms with Crippen LogP contribution in [0.25, 0.3) is 10.9 Å². The predicted molar refractivity (Wildman–Crippen MR) is 87.5 cm³/mol. The molecule has 0 aliphatic carbocycles. The van der Waals surface area contributed by atoms with Gasteiger partial charge in [-0.2, -0.15) is 5.10 Å². The molecule has 21 heavy (non-hydrogen) atoms. The fraction of sp³-hybridized carbons (Fsp3) is 0. The van der Waals surface area contributed by atoms with E-state index < -0.39 is 0 Å². The molecule has 0 radical (unpaired) electrons. The van der Waals surface area contributed by atoms with Crippen LogP contribution in [0.2, 0.25) is 0 Å². The van der Waals surface area contributed by atoms with Crippen molar-refractivity contribution in [1.29, 1.82) is 0 Å². The minimum atomic E-state index is -0.244. The van der Waals surface area contributed by atoms with Crippen LogP contribution in [0.1, 0.15) is 15.9 Å². The van der Waals surface area contributed by atoms with Gasteiger partial charge in [-0.25, -0.2) is 5.43 Å². The van der Waals surface area contributed by atoms with Gasteiger partial charge in [0, 0.05) is 21.6 Å². The Bertz CT molecular complexity index is 823. The molecular formula is C16H12BrN3O. The highest BCUT2D eigenvalue weighted by Gasteiger charge is 2.09. The second-order valence-electron chi connectivity index (χ2n) is 4.47. The van der Waals surface area contributed by atoms with E-state index in [9.17, 15) is 4.79 Å². The number of rotatable bonds is 3. The number of amides is 1. The predicted octanol–water partition coefficient (Wildman–Crippen LogP) is 3.69. The highest BCUT2D eigenvalue weighted by atomic mass is 79.9. The number of aromatic amines is 1. The van der Waals surface area contributed by atoms with Crippen molar-refractivity contribution >= 4 is 39.0 Å². The number of halogens is 1. The smallest absolute Gasteiger partial charge is 0.273 e. The lowest BCUT2D eigenvalue weighted by Gasteiger charge is -2.02. The van der Waals surface area contributed by atoms with Crippen LogP contribution in [0.5, 0.6) is 0 Å². The van der Waals surface area contributed by atoms with Gasteiger partial charge in [0.2, 0.25) is 0 Å². The molecule has 0 spiro atoms. The van der Waals surface area contributed by atoms with E-state index in [1.54, 1.807) is 12.3 Å². The Morgan fingerprint density at radius 2 is 2.00 bits per heavy atom. The number of nitrogens with one attached hydrogen (secondary N) is 2. The third-order valence-electron chi connectivity index (χ3n) is 3.11. The second-order valence-corrected chi connectivity index (χ2v) is 5.32. The average Bonchev–Trinajstić information content (AvgIpc) is 2.97. The SMILES string of the molecule is O=C(NN=Cc1ccccc1Br)c1cccc2cc[nH]c12. The first-order valence-corrected chi connectivity index (χ1v) is 7.19. The Morgan fingerprint density at radius 3 is 2.86 bits per heavy atom. The number of fused-ring (bicyclic) bond motifs is 1. The van der Waals surface area contributed by atoms with Crippen LogP contribution in [-0.4, -0.2) is 17.1 Å². The third-order valence-corrected chi connectivity index (χ3v) is 3.83. The van der Waals surface area contributed by atoms with E-state index in [-0.39, 0.29) is 5.91 Å². The molecule has 2 aromatic carbocycles. The number of carbonyl (C=O) groups excluding carboxylic acids is 1. The minimum Gasteiger partial charge on any atom is -0.361 e. The molecule has 0 unspecified atom stereocenters. The van der Waals surface area contributed by atoms with Gasteiger partial charge in [0.25, 0.3) is 5.91 Å². The number of hydrazone groups is 1. The average molecular weight is 342 g/mol. The van der Waals surface area contributed by atoms with Crippen molar-refractivity contribution in [3.63, 3.8) is 0 Å². The lowest BCUT2D eigenvalue weighted by atomic mass is 10.1. The van der Waals surface area contributed by atoms with E-state index in [0.29, 0.717) is 5.56 Å². The highest BCUT2D eigenvalue weighted by molar-refractivity contribution is 9.10. The molecule has 5 heteroatoms. The molecule has 0 atom stereocenters. The summed E-state index contributed by atoms with van der Waals surface area (Å²) in [5, 5.41) is 5.00.